The van der Waals surface area contributed by atoms with Gasteiger partial charge in [0, 0.05) is 12.5 Å². The van der Waals surface area contributed by atoms with E-state index in [1.807, 2.05) is 27.7 Å². The molecule has 1 atom stereocenters. The van der Waals surface area contributed by atoms with Gasteiger partial charge in [0.15, 0.2) is 0 Å². The fraction of sp³-hybridized carbons (Fsp3) is 0.786. The molecule has 0 aliphatic rings. The van der Waals surface area contributed by atoms with Crippen LogP contribution in [0.2, 0.25) is 19.6 Å². The molecule has 1 N–H and O–H groups in total. The highest BCUT2D eigenvalue weighted by Crippen LogP contribution is 2.08. The van der Waals surface area contributed by atoms with Crippen molar-refractivity contribution in [1.82, 2.24) is 5.32 Å². The lowest BCUT2D eigenvalue weighted by Crippen LogP contribution is -2.38. The summed E-state index contributed by atoms with van der Waals surface area (Å²) in [5.74, 6) is 3.19. The Kier molecular flexibility index (Phi) is 6.48. The standard InChI is InChI=1S/C14H27NO2Si/c1-8-12(10-9-11-18(5,6)7)15-13(16)17-14(2,3)4/h12H,8,10H2,1-7H3,(H,15,16)/t12-/m0/s1. The molecule has 0 radical (unpaired) electrons. The fourth-order valence-electron chi connectivity index (χ4n) is 1.21. The average Bonchev–Trinajstić information content (AvgIpc) is 2.11. The summed E-state index contributed by atoms with van der Waals surface area (Å²) in [5, 5.41) is 2.86. The largest absolute Gasteiger partial charge is 0.444 e. The number of rotatable bonds is 3. The van der Waals surface area contributed by atoms with Crippen molar-refractivity contribution in [1.29, 1.82) is 0 Å². The second-order valence-electron chi connectivity index (χ2n) is 6.51. The molecule has 0 heterocycles. The number of alkyl carbamates (subject to hydrolysis) is 1. The summed E-state index contributed by atoms with van der Waals surface area (Å²) in [6.07, 6.45) is 1.20. The van der Waals surface area contributed by atoms with E-state index < -0.39 is 13.7 Å². The third-order valence-corrected chi connectivity index (χ3v) is 2.95. The van der Waals surface area contributed by atoms with Crippen molar-refractivity contribution in [3.05, 3.63) is 0 Å². The van der Waals surface area contributed by atoms with Crippen LogP contribution in [-0.2, 0) is 4.74 Å². The second-order valence-corrected chi connectivity index (χ2v) is 11.3. The molecule has 18 heavy (non-hydrogen) atoms. The van der Waals surface area contributed by atoms with E-state index in [0.717, 1.165) is 6.42 Å². The van der Waals surface area contributed by atoms with Gasteiger partial charge in [-0.15, -0.1) is 11.5 Å². The van der Waals surface area contributed by atoms with Crippen molar-refractivity contribution in [2.75, 3.05) is 0 Å². The van der Waals surface area contributed by atoms with Gasteiger partial charge in [0.2, 0.25) is 0 Å². The van der Waals surface area contributed by atoms with Crippen LogP contribution in [-0.4, -0.2) is 25.8 Å². The zero-order valence-electron chi connectivity index (χ0n) is 12.8. The highest BCUT2D eigenvalue weighted by molar-refractivity contribution is 6.83. The van der Waals surface area contributed by atoms with E-state index in [1.54, 1.807) is 0 Å². The number of amides is 1. The van der Waals surface area contributed by atoms with Crippen molar-refractivity contribution < 1.29 is 9.53 Å². The zero-order valence-corrected chi connectivity index (χ0v) is 13.8. The Labute approximate surface area is 113 Å². The maximum atomic E-state index is 11.6. The third kappa shape index (κ3) is 10.2. The van der Waals surface area contributed by atoms with E-state index in [1.165, 1.54) is 0 Å². The minimum Gasteiger partial charge on any atom is -0.444 e. The van der Waals surface area contributed by atoms with Gasteiger partial charge >= 0.3 is 6.09 Å². The van der Waals surface area contributed by atoms with Gasteiger partial charge in [-0.3, -0.25) is 0 Å². The number of ether oxygens (including phenoxy) is 1. The summed E-state index contributed by atoms with van der Waals surface area (Å²) in [6, 6.07) is 0.0729. The van der Waals surface area contributed by atoms with E-state index >= 15 is 0 Å². The summed E-state index contributed by atoms with van der Waals surface area (Å²) in [5.41, 5.74) is 2.85. The van der Waals surface area contributed by atoms with Crippen molar-refractivity contribution in [2.45, 2.75) is 71.8 Å². The van der Waals surface area contributed by atoms with Gasteiger partial charge in [-0.25, -0.2) is 4.79 Å². The average molecular weight is 269 g/mol. The smallest absolute Gasteiger partial charge is 0.407 e. The minimum absolute atomic E-state index is 0.0729. The molecule has 0 rings (SSSR count). The van der Waals surface area contributed by atoms with Gasteiger partial charge in [-0.2, -0.15) is 0 Å². The molecule has 0 saturated carbocycles. The van der Waals surface area contributed by atoms with Crippen molar-refractivity contribution >= 4 is 14.2 Å². The van der Waals surface area contributed by atoms with Crippen LogP contribution in [0.1, 0.15) is 40.5 Å². The molecule has 4 heteroatoms. The van der Waals surface area contributed by atoms with E-state index in [0.29, 0.717) is 6.42 Å². The van der Waals surface area contributed by atoms with Crippen LogP contribution < -0.4 is 5.32 Å². The van der Waals surface area contributed by atoms with Gasteiger partial charge < -0.3 is 10.1 Å². The molecule has 1 amide bonds. The Morgan fingerprint density at radius 3 is 2.28 bits per heavy atom. The van der Waals surface area contributed by atoms with Crippen LogP contribution in [0.4, 0.5) is 4.79 Å². The van der Waals surface area contributed by atoms with Crippen LogP contribution in [0.3, 0.4) is 0 Å². The minimum atomic E-state index is -1.32. The van der Waals surface area contributed by atoms with Crippen molar-refractivity contribution in [3.8, 4) is 11.5 Å². The molecule has 0 spiro atoms. The highest BCUT2D eigenvalue weighted by Gasteiger charge is 2.18. The van der Waals surface area contributed by atoms with Gasteiger partial charge in [-0.05, 0) is 27.2 Å². The molecule has 104 valence electrons. The lowest BCUT2D eigenvalue weighted by Gasteiger charge is -2.22. The van der Waals surface area contributed by atoms with E-state index in [4.69, 9.17) is 4.74 Å². The van der Waals surface area contributed by atoms with Gasteiger partial charge in [0.1, 0.15) is 13.7 Å². The Morgan fingerprint density at radius 1 is 1.33 bits per heavy atom. The lowest BCUT2D eigenvalue weighted by atomic mass is 10.1. The number of hydrogen-bond donors (Lipinski definition) is 1. The molecule has 0 aromatic carbocycles. The van der Waals surface area contributed by atoms with Gasteiger partial charge in [0.05, 0.1) is 0 Å². The number of carbonyl (C=O) groups excluding carboxylic acids is 1. The Balaban J connectivity index is 4.27. The van der Waals surface area contributed by atoms with Gasteiger partial charge in [-0.1, -0.05) is 26.6 Å². The zero-order chi connectivity index (χ0) is 14.4. The fourth-order valence-corrected chi connectivity index (χ4v) is 1.84. The number of nitrogens with one attached hydrogen (secondary N) is 1. The third-order valence-electron chi connectivity index (χ3n) is 2.03. The Bertz CT molecular complexity index is 328. The maximum Gasteiger partial charge on any atom is 0.407 e. The first-order chi connectivity index (χ1) is 8.03. The monoisotopic (exact) mass is 269 g/mol. The van der Waals surface area contributed by atoms with E-state index in [9.17, 15) is 4.79 Å². The predicted octanol–water partition coefficient (Wildman–Crippen LogP) is 3.56. The quantitative estimate of drug-likeness (QED) is 0.628. The van der Waals surface area contributed by atoms with Crippen LogP contribution in [0, 0.1) is 11.5 Å². The van der Waals surface area contributed by atoms with E-state index in [2.05, 4.69) is 36.4 Å². The molecule has 0 aliphatic heterocycles. The molecule has 0 aromatic rings. The normalized spacial score (nSPS) is 13.3. The van der Waals surface area contributed by atoms with Gasteiger partial charge in [0.25, 0.3) is 0 Å². The summed E-state index contributed by atoms with van der Waals surface area (Å²) in [4.78, 5) is 11.6. The molecule has 0 bridgehead atoms. The van der Waals surface area contributed by atoms with Crippen molar-refractivity contribution in [3.63, 3.8) is 0 Å². The SMILES string of the molecule is CC[C@@H](CC#C[Si](C)(C)C)NC(=O)OC(C)(C)C. The molecule has 3 nitrogen and oxygen atoms in total. The maximum absolute atomic E-state index is 11.6. The molecule has 0 fully saturated rings. The molecular formula is C14H27NO2Si. The summed E-state index contributed by atoms with van der Waals surface area (Å²) < 4.78 is 5.23. The topological polar surface area (TPSA) is 38.3 Å². The summed E-state index contributed by atoms with van der Waals surface area (Å²) in [6.45, 7) is 14.3. The second kappa shape index (κ2) is 6.84. The first-order valence-electron chi connectivity index (χ1n) is 6.53. The van der Waals surface area contributed by atoms with Crippen LogP contribution >= 0.6 is 0 Å². The van der Waals surface area contributed by atoms with Crippen LogP contribution in [0.5, 0.6) is 0 Å². The molecule has 0 unspecified atom stereocenters. The Hall–Kier alpha value is -0.953. The lowest BCUT2D eigenvalue weighted by molar-refractivity contribution is 0.0504. The van der Waals surface area contributed by atoms with Crippen LogP contribution in [0.15, 0.2) is 0 Å². The molecule has 0 saturated heterocycles. The number of hydrogen-bond acceptors (Lipinski definition) is 2. The van der Waals surface area contributed by atoms with Crippen LogP contribution in [0.25, 0.3) is 0 Å². The highest BCUT2D eigenvalue weighted by atomic mass is 28.3. The first kappa shape index (κ1) is 17.0. The molecular weight excluding hydrogens is 242 g/mol. The summed E-state index contributed by atoms with van der Waals surface area (Å²) in [7, 11) is -1.32. The molecule has 0 aliphatic carbocycles. The predicted molar refractivity (Wildman–Crippen MR) is 79.2 cm³/mol. The van der Waals surface area contributed by atoms with Crippen molar-refractivity contribution in [2.24, 2.45) is 0 Å². The molecule has 0 aromatic heterocycles. The number of carbonyl (C=O) groups is 1. The Morgan fingerprint density at radius 2 is 1.89 bits per heavy atom. The first-order valence-corrected chi connectivity index (χ1v) is 10.0. The summed E-state index contributed by atoms with van der Waals surface area (Å²) >= 11 is 0. The van der Waals surface area contributed by atoms with E-state index in [-0.39, 0.29) is 12.1 Å².